The fourth-order valence-electron chi connectivity index (χ4n) is 1.15. The van der Waals surface area contributed by atoms with Gasteiger partial charge in [-0.3, -0.25) is 0 Å². The van der Waals surface area contributed by atoms with Crippen LogP contribution >= 0.6 is 43.6 Å². The zero-order chi connectivity index (χ0) is 12.8. The molecule has 0 aliphatic heterocycles. The number of ether oxygens (including phenoxy) is 2. The molecule has 0 fully saturated rings. The highest BCUT2D eigenvalue weighted by atomic mass is 79.9. The lowest BCUT2D eigenvalue weighted by atomic mass is 10.2. The van der Waals surface area contributed by atoms with Crippen LogP contribution < -0.4 is 4.74 Å². The molecule has 0 radical (unpaired) electrons. The van der Waals surface area contributed by atoms with Crippen molar-refractivity contribution in [2.75, 3.05) is 18.8 Å². The Morgan fingerprint density at radius 1 is 1.41 bits per heavy atom. The summed E-state index contributed by atoms with van der Waals surface area (Å²) in [4.78, 5) is 11.7. The van der Waals surface area contributed by atoms with Crippen molar-refractivity contribution in [1.82, 2.24) is 0 Å². The summed E-state index contributed by atoms with van der Waals surface area (Å²) in [7, 11) is 0. The van der Waals surface area contributed by atoms with Crippen molar-refractivity contribution in [3.05, 3.63) is 26.6 Å². The maximum absolute atomic E-state index is 11.7. The highest BCUT2D eigenvalue weighted by Gasteiger charge is 2.17. The van der Waals surface area contributed by atoms with E-state index in [1.807, 2.05) is 6.26 Å². The van der Waals surface area contributed by atoms with E-state index < -0.39 is 0 Å². The summed E-state index contributed by atoms with van der Waals surface area (Å²) in [6.45, 7) is 2.12. The van der Waals surface area contributed by atoms with E-state index in [2.05, 4.69) is 31.9 Å². The van der Waals surface area contributed by atoms with Crippen molar-refractivity contribution < 1.29 is 14.3 Å². The summed E-state index contributed by atoms with van der Waals surface area (Å²) in [5, 5.41) is 0. The van der Waals surface area contributed by atoms with Gasteiger partial charge in [0.05, 0.1) is 21.1 Å². The molecule has 0 aliphatic carbocycles. The lowest BCUT2D eigenvalue weighted by molar-refractivity contribution is 0.0524. The Morgan fingerprint density at radius 2 is 2.12 bits per heavy atom. The van der Waals surface area contributed by atoms with Gasteiger partial charge in [0, 0.05) is 0 Å². The molecule has 17 heavy (non-hydrogen) atoms. The van der Waals surface area contributed by atoms with Crippen LogP contribution in [0, 0.1) is 0 Å². The van der Waals surface area contributed by atoms with Gasteiger partial charge in [0.25, 0.3) is 0 Å². The third-order valence-electron chi connectivity index (χ3n) is 1.87. The van der Waals surface area contributed by atoms with Gasteiger partial charge in [-0.15, -0.1) is 11.8 Å². The Hall–Kier alpha value is -0.200. The molecule has 0 N–H and O–H groups in total. The summed E-state index contributed by atoms with van der Waals surface area (Å²) >= 11 is 8.31. The van der Waals surface area contributed by atoms with Crippen LogP contribution in [0.5, 0.6) is 5.75 Å². The molecule has 0 atom stereocenters. The molecule has 0 aliphatic rings. The second-order valence-corrected chi connectivity index (χ2v) is 5.47. The third-order valence-corrected chi connectivity index (χ3v) is 3.63. The minimum Gasteiger partial charge on any atom is -0.481 e. The second kappa shape index (κ2) is 7.28. The largest absolute Gasteiger partial charge is 0.481 e. The average Bonchev–Trinajstić information content (AvgIpc) is 2.29. The van der Waals surface area contributed by atoms with E-state index >= 15 is 0 Å². The molecule has 0 saturated carbocycles. The number of esters is 1. The highest BCUT2D eigenvalue weighted by molar-refractivity contribution is 9.11. The van der Waals surface area contributed by atoms with Crippen LogP contribution in [0.2, 0.25) is 0 Å². The molecule has 0 amide bonds. The lowest BCUT2D eigenvalue weighted by Gasteiger charge is -2.12. The molecule has 1 rings (SSSR count). The second-order valence-electron chi connectivity index (χ2n) is 3.01. The third kappa shape index (κ3) is 3.89. The van der Waals surface area contributed by atoms with Crippen LogP contribution in [-0.2, 0) is 4.74 Å². The molecular formula is C11H12Br2O3S. The summed E-state index contributed by atoms with van der Waals surface area (Å²) in [5.74, 6) is 0.773. The first-order chi connectivity index (χ1) is 8.11. The molecule has 0 spiro atoms. The number of rotatable bonds is 5. The van der Waals surface area contributed by atoms with Crippen molar-refractivity contribution in [2.24, 2.45) is 0 Å². The molecule has 0 saturated heterocycles. The number of thioether (sulfide) groups is 1. The molecular weight excluding hydrogens is 372 g/mol. The maximum atomic E-state index is 11.7. The molecule has 0 aromatic heterocycles. The van der Waals surface area contributed by atoms with E-state index in [1.54, 1.807) is 30.8 Å². The standard InChI is InChI=1S/C11H12Br2O3S/c1-3-15-11(14)7-4-5-8(12)10(9(7)13)16-6-17-2/h4-5H,3,6H2,1-2H3. The van der Waals surface area contributed by atoms with Crippen LogP contribution in [0.25, 0.3) is 0 Å². The monoisotopic (exact) mass is 382 g/mol. The number of carbonyl (C=O) groups excluding carboxylic acids is 1. The summed E-state index contributed by atoms with van der Waals surface area (Å²) in [6, 6.07) is 3.46. The summed E-state index contributed by atoms with van der Waals surface area (Å²) in [5.41, 5.74) is 0.464. The number of hydrogen-bond acceptors (Lipinski definition) is 4. The first-order valence-corrected chi connectivity index (χ1v) is 7.86. The average molecular weight is 384 g/mol. The van der Waals surface area contributed by atoms with Crippen molar-refractivity contribution in [1.29, 1.82) is 0 Å². The highest BCUT2D eigenvalue weighted by Crippen LogP contribution is 2.36. The molecule has 0 heterocycles. The van der Waals surface area contributed by atoms with Crippen molar-refractivity contribution in [2.45, 2.75) is 6.92 Å². The van der Waals surface area contributed by atoms with E-state index in [4.69, 9.17) is 9.47 Å². The molecule has 1 aromatic carbocycles. The zero-order valence-corrected chi connectivity index (χ0v) is 13.4. The van der Waals surface area contributed by atoms with Gasteiger partial charge in [0.1, 0.15) is 11.7 Å². The first kappa shape index (κ1) is 14.9. The van der Waals surface area contributed by atoms with Crippen LogP contribution in [0.15, 0.2) is 21.1 Å². The lowest BCUT2D eigenvalue weighted by Crippen LogP contribution is -2.07. The fourth-order valence-corrected chi connectivity index (χ4v) is 2.72. The number of carbonyl (C=O) groups is 1. The predicted molar refractivity (Wildman–Crippen MR) is 76.8 cm³/mol. The van der Waals surface area contributed by atoms with Crippen LogP contribution in [0.1, 0.15) is 17.3 Å². The van der Waals surface area contributed by atoms with Gasteiger partial charge in [0.15, 0.2) is 0 Å². The van der Waals surface area contributed by atoms with Gasteiger partial charge in [0.2, 0.25) is 0 Å². The van der Waals surface area contributed by atoms with Crippen LogP contribution in [0.3, 0.4) is 0 Å². The molecule has 1 aromatic rings. The minimum atomic E-state index is -0.360. The van der Waals surface area contributed by atoms with E-state index in [0.717, 1.165) is 4.47 Å². The Kier molecular flexibility index (Phi) is 6.37. The topological polar surface area (TPSA) is 35.5 Å². The van der Waals surface area contributed by atoms with Gasteiger partial charge in [-0.25, -0.2) is 4.79 Å². The molecule has 94 valence electrons. The SMILES string of the molecule is CCOC(=O)c1ccc(Br)c(OCSC)c1Br. The van der Waals surface area contributed by atoms with E-state index in [1.165, 1.54) is 0 Å². The fraction of sp³-hybridized carbons (Fsp3) is 0.364. The Bertz CT molecular complexity index is 410. The predicted octanol–water partition coefficient (Wildman–Crippen LogP) is 4.09. The van der Waals surface area contributed by atoms with Gasteiger partial charge in [-0.05, 0) is 57.2 Å². The maximum Gasteiger partial charge on any atom is 0.339 e. The number of benzene rings is 1. The Morgan fingerprint density at radius 3 is 2.71 bits per heavy atom. The van der Waals surface area contributed by atoms with Gasteiger partial charge < -0.3 is 9.47 Å². The summed E-state index contributed by atoms with van der Waals surface area (Å²) in [6.07, 6.45) is 1.94. The minimum absolute atomic E-state index is 0.350. The van der Waals surface area contributed by atoms with Crippen molar-refractivity contribution in [3.8, 4) is 5.75 Å². The molecule has 0 bridgehead atoms. The number of hydrogen-bond donors (Lipinski definition) is 0. The summed E-state index contributed by atoms with van der Waals surface area (Å²) < 4.78 is 11.9. The number of halogens is 2. The van der Waals surface area contributed by atoms with Gasteiger partial charge in [-0.1, -0.05) is 0 Å². The Labute approximate surface area is 122 Å². The quantitative estimate of drug-likeness (QED) is 0.566. The van der Waals surface area contributed by atoms with Crippen LogP contribution in [-0.4, -0.2) is 24.8 Å². The van der Waals surface area contributed by atoms with Gasteiger partial charge >= 0.3 is 5.97 Å². The van der Waals surface area contributed by atoms with E-state index in [9.17, 15) is 4.79 Å². The molecule has 3 nitrogen and oxygen atoms in total. The smallest absolute Gasteiger partial charge is 0.339 e. The Balaban J connectivity index is 3.05. The van der Waals surface area contributed by atoms with Crippen LogP contribution in [0.4, 0.5) is 0 Å². The van der Waals surface area contributed by atoms with E-state index in [0.29, 0.717) is 28.3 Å². The van der Waals surface area contributed by atoms with Crippen molar-refractivity contribution >= 4 is 49.6 Å². The van der Waals surface area contributed by atoms with Crippen molar-refractivity contribution in [3.63, 3.8) is 0 Å². The van der Waals surface area contributed by atoms with Gasteiger partial charge in [-0.2, -0.15) is 0 Å². The zero-order valence-electron chi connectivity index (χ0n) is 9.46. The molecule has 6 heteroatoms. The molecule has 0 unspecified atom stereocenters. The van der Waals surface area contributed by atoms with E-state index in [-0.39, 0.29) is 5.97 Å². The first-order valence-electron chi connectivity index (χ1n) is 4.88. The normalized spacial score (nSPS) is 10.1.